The third-order valence-electron chi connectivity index (χ3n) is 2.25. The Balaban J connectivity index is 2.61. The quantitative estimate of drug-likeness (QED) is 0.779. The molecule has 1 aromatic heterocycles. The van der Waals surface area contributed by atoms with Crippen LogP contribution < -0.4 is 5.32 Å². The van der Waals surface area contributed by atoms with Crippen LogP contribution in [0.15, 0.2) is 12.1 Å². The maximum atomic E-state index is 11.8. The van der Waals surface area contributed by atoms with Crippen molar-refractivity contribution in [3.05, 3.63) is 28.0 Å². The Kier molecular flexibility index (Phi) is 6.01. The third kappa shape index (κ3) is 5.42. The van der Waals surface area contributed by atoms with Crippen LogP contribution in [0.1, 0.15) is 16.8 Å². The predicted molar refractivity (Wildman–Crippen MR) is 69.6 cm³/mol. The summed E-state index contributed by atoms with van der Waals surface area (Å²) >= 11 is 11.4. The van der Waals surface area contributed by atoms with Crippen LogP contribution in [0.25, 0.3) is 0 Å². The molecule has 104 valence electrons. The predicted octanol–water partition coefficient (Wildman–Crippen LogP) is 1.61. The number of nitrogens with zero attached hydrogens (tertiary/aromatic N) is 1. The summed E-state index contributed by atoms with van der Waals surface area (Å²) in [7, 11) is 1.37. The lowest BCUT2D eigenvalue weighted by molar-refractivity contribution is -0.139. The Labute approximate surface area is 119 Å². The second-order valence-electron chi connectivity index (χ2n) is 3.67. The summed E-state index contributed by atoms with van der Waals surface area (Å²) in [6, 6.07) is 2.73. The fourth-order valence-corrected chi connectivity index (χ4v) is 1.80. The van der Waals surface area contributed by atoms with Crippen molar-refractivity contribution in [2.45, 2.75) is 12.5 Å². The van der Waals surface area contributed by atoms with Gasteiger partial charge in [0.2, 0.25) is 0 Å². The second-order valence-corrected chi connectivity index (χ2v) is 4.44. The number of halogens is 2. The van der Waals surface area contributed by atoms with E-state index in [0.717, 1.165) is 0 Å². The molecule has 1 rings (SSSR count). The fourth-order valence-electron chi connectivity index (χ4n) is 1.34. The molecular weight excluding hydrogens is 295 g/mol. The number of rotatable bonds is 6. The zero-order valence-corrected chi connectivity index (χ0v) is 11.5. The molecule has 6 nitrogen and oxygen atoms in total. The molecule has 0 spiro atoms. The molecule has 1 heterocycles. The molecule has 2 N–H and O–H groups in total. The summed E-state index contributed by atoms with van der Waals surface area (Å²) in [4.78, 5) is 26.0. The van der Waals surface area contributed by atoms with Gasteiger partial charge in [-0.05, 0) is 12.1 Å². The lowest BCUT2D eigenvalue weighted by atomic mass is 10.2. The topological polar surface area (TPSA) is 88.5 Å². The number of carbonyl (C=O) groups is 2. The highest BCUT2D eigenvalue weighted by molar-refractivity contribution is 6.33. The maximum absolute atomic E-state index is 11.8. The van der Waals surface area contributed by atoms with Gasteiger partial charge in [-0.2, -0.15) is 0 Å². The number of hydrogen-bond donors (Lipinski definition) is 2. The normalized spacial score (nSPS) is 11.9. The van der Waals surface area contributed by atoms with Crippen LogP contribution in [0.3, 0.4) is 0 Å². The van der Waals surface area contributed by atoms with Crippen molar-refractivity contribution in [1.29, 1.82) is 0 Å². The minimum Gasteiger partial charge on any atom is -0.481 e. The van der Waals surface area contributed by atoms with Gasteiger partial charge in [-0.15, -0.1) is 0 Å². The highest BCUT2D eigenvalue weighted by Crippen LogP contribution is 2.14. The van der Waals surface area contributed by atoms with Crippen LogP contribution in [0.4, 0.5) is 0 Å². The summed E-state index contributed by atoms with van der Waals surface area (Å²) in [6.45, 7) is 0.0686. The molecule has 0 bridgehead atoms. The molecule has 1 unspecified atom stereocenters. The molecule has 0 saturated heterocycles. The van der Waals surface area contributed by atoms with E-state index in [2.05, 4.69) is 10.3 Å². The van der Waals surface area contributed by atoms with Gasteiger partial charge in [0.1, 0.15) is 10.3 Å². The molecule has 1 aromatic rings. The van der Waals surface area contributed by atoms with Crippen molar-refractivity contribution in [2.75, 3.05) is 13.7 Å². The first-order valence-electron chi connectivity index (χ1n) is 5.28. The Hall–Kier alpha value is -1.37. The van der Waals surface area contributed by atoms with Crippen molar-refractivity contribution in [3.63, 3.8) is 0 Å². The Morgan fingerprint density at radius 2 is 2.00 bits per heavy atom. The molecule has 0 saturated carbocycles. The third-order valence-corrected chi connectivity index (χ3v) is 2.64. The number of nitrogens with one attached hydrogen (secondary N) is 1. The van der Waals surface area contributed by atoms with Crippen LogP contribution >= 0.6 is 23.2 Å². The molecule has 0 radical (unpaired) electrons. The van der Waals surface area contributed by atoms with Gasteiger partial charge in [0.15, 0.2) is 0 Å². The molecule has 8 heteroatoms. The molecule has 0 aromatic carbocycles. The molecule has 0 aliphatic carbocycles. The summed E-state index contributed by atoms with van der Waals surface area (Å²) in [6.07, 6.45) is -0.802. The van der Waals surface area contributed by atoms with Gasteiger partial charge in [0, 0.05) is 19.2 Å². The number of ether oxygens (including phenoxy) is 1. The van der Waals surface area contributed by atoms with E-state index in [1.54, 1.807) is 0 Å². The molecule has 1 atom stereocenters. The van der Waals surface area contributed by atoms with E-state index in [9.17, 15) is 9.59 Å². The SMILES string of the molecule is COC(CNC(=O)c1cc(Cl)nc(Cl)c1)CC(=O)O. The first-order chi connectivity index (χ1) is 8.92. The van der Waals surface area contributed by atoms with E-state index in [0.29, 0.717) is 0 Å². The zero-order valence-electron chi connectivity index (χ0n) is 10.0. The van der Waals surface area contributed by atoms with Gasteiger partial charge >= 0.3 is 5.97 Å². The first-order valence-corrected chi connectivity index (χ1v) is 6.04. The summed E-state index contributed by atoms with van der Waals surface area (Å²) in [5.74, 6) is -1.44. The Morgan fingerprint density at radius 3 is 2.47 bits per heavy atom. The highest BCUT2D eigenvalue weighted by atomic mass is 35.5. The summed E-state index contributed by atoms with van der Waals surface area (Å²) in [5, 5.41) is 11.4. The zero-order chi connectivity index (χ0) is 14.4. The van der Waals surface area contributed by atoms with Crippen LogP contribution in [0.2, 0.25) is 10.3 Å². The van der Waals surface area contributed by atoms with Gasteiger partial charge in [-0.3, -0.25) is 9.59 Å². The minimum absolute atomic E-state index is 0.0686. The number of carboxylic acids is 1. The number of carboxylic acid groups (broad SMARTS) is 1. The van der Waals surface area contributed by atoms with Crippen LogP contribution in [0.5, 0.6) is 0 Å². The number of aromatic nitrogens is 1. The van der Waals surface area contributed by atoms with Crippen LogP contribution in [0, 0.1) is 0 Å². The van der Waals surface area contributed by atoms with Gasteiger partial charge in [-0.25, -0.2) is 4.98 Å². The monoisotopic (exact) mass is 306 g/mol. The van der Waals surface area contributed by atoms with Crippen molar-refractivity contribution in [2.24, 2.45) is 0 Å². The molecule has 1 amide bonds. The lowest BCUT2D eigenvalue weighted by Crippen LogP contribution is -2.34. The average Bonchev–Trinajstić information content (AvgIpc) is 2.32. The molecular formula is C11H12Cl2N2O4. The van der Waals surface area contributed by atoms with Crippen molar-refractivity contribution in [3.8, 4) is 0 Å². The second kappa shape index (κ2) is 7.28. The largest absolute Gasteiger partial charge is 0.481 e. The minimum atomic E-state index is -1.00. The van der Waals surface area contributed by atoms with Gasteiger partial charge in [0.25, 0.3) is 5.91 Å². The van der Waals surface area contributed by atoms with Crippen LogP contribution in [-0.2, 0) is 9.53 Å². The average molecular weight is 307 g/mol. The molecule has 19 heavy (non-hydrogen) atoms. The first kappa shape index (κ1) is 15.7. The lowest BCUT2D eigenvalue weighted by Gasteiger charge is -2.14. The molecule has 0 aliphatic rings. The van der Waals surface area contributed by atoms with Gasteiger partial charge < -0.3 is 15.2 Å². The number of pyridine rings is 1. The Bertz CT molecular complexity index is 462. The maximum Gasteiger partial charge on any atom is 0.306 e. The van der Waals surface area contributed by atoms with Gasteiger partial charge in [-0.1, -0.05) is 23.2 Å². The summed E-state index contributed by atoms with van der Waals surface area (Å²) < 4.78 is 4.93. The number of aliphatic carboxylic acids is 1. The smallest absolute Gasteiger partial charge is 0.306 e. The van der Waals surface area contributed by atoms with Crippen molar-refractivity contribution >= 4 is 35.1 Å². The van der Waals surface area contributed by atoms with Crippen molar-refractivity contribution in [1.82, 2.24) is 10.3 Å². The van der Waals surface area contributed by atoms with E-state index in [4.69, 9.17) is 33.0 Å². The van der Waals surface area contributed by atoms with E-state index in [1.165, 1.54) is 19.2 Å². The number of amides is 1. The highest BCUT2D eigenvalue weighted by Gasteiger charge is 2.15. The summed E-state index contributed by atoms with van der Waals surface area (Å²) in [5.41, 5.74) is 0.246. The van der Waals surface area contributed by atoms with E-state index < -0.39 is 18.0 Å². The van der Waals surface area contributed by atoms with E-state index in [1.807, 2.05) is 0 Å². The standard InChI is InChI=1S/C11H12Cl2N2O4/c1-19-7(4-10(16)17)5-14-11(18)6-2-8(12)15-9(13)3-6/h2-3,7H,4-5H2,1H3,(H,14,18)(H,16,17). The fraction of sp³-hybridized carbons (Fsp3) is 0.364. The Morgan fingerprint density at radius 1 is 1.42 bits per heavy atom. The molecule has 0 fully saturated rings. The van der Waals surface area contributed by atoms with Gasteiger partial charge in [0.05, 0.1) is 12.5 Å². The number of hydrogen-bond acceptors (Lipinski definition) is 4. The number of methoxy groups -OCH3 is 1. The van der Waals surface area contributed by atoms with Crippen molar-refractivity contribution < 1.29 is 19.4 Å². The van der Waals surface area contributed by atoms with Crippen LogP contribution in [-0.4, -0.2) is 41.7 Å². The number of carbonyl (C=O) groups excluding carboxylic acids is 1. The molecule has 0 aliphatic heterocycles. The van der Waals surface area contributed by atoms with E-state index in [-0.39, 0.29) is 28.8 Å². The van der Waals surface area contributed by atoms with E-state index >= 15 is 0 Å².